The third-order valence-electron chi connectivity index (χ3n) is 2.44. The van der Waals surface area contributed by atoms with E-state index in [-0.39, 0.29) is 6.61 Å². The molecule has 100 valence electrons. The normalized spacial score (nSPS) is 18.5. The second-order valence-corrected chi connectivity index (χ2v) is 5.66. The first-order valence-electron chi connectivity index (χ1n) is 5.46. The molecule has 0 aliphatic carbocycles. The van der Waals surface area contributed by atoms with Gasteiger partial charge in [0.1, 0.15) is 6.10 Å². The highest BCUT2D eigenvalue weighted by molar-refractivity contribution is 7.85. The molecular weight excluding hydrogens is 268 g/mol. The Labute approximate surface area is 111 Å². The Morgan fingerprint density at radius 3 is 2.68 bits per heavy atom. The van der Waals surface area contributed by atoms with E-state index in [4.69, 9.17) is 10.1 Å². The van der Waals surface area contributed by atoms with Crippen molar-refractivity contribution in [3.63, 3.8) is 0 Å². The van der Waals surface area contributed by atoms with Crippen molar-refractivity contribution in [3.8, 4) is 6.07 Å². The number of hydrogen-bond donors (Lipinski definition) is 1. The van der Waals surface area contributed by atoms with E-state index in [0.29, 0.717) is 11.3 Å². The lowest BCUT2D eigenvalue weighted by Gasteiger charge is -2.06. The van der Waals surface area contributed by atoms with Gasteiger partial charge in [-0.2, -0.15) is 13.7 Å². The lowest BCUT2D eigenvalue weighted by Crippen LogP contribution is -2.19. The van der Waals surface area contributed by atoms with Gasteiger partial charge in [-0.15, -0.1) is 0 Å². The van der Waals surface area contributed by atoms with Crippen LogP contribution in [0.5, 0.6) is 0 Å². The van der Waals surface area contributed by atoms with E-state index >= 15 is 0 Å². The fourth-order valence-corrected chi connectivity index (χ4v) is 1.93. The fourth-order valence-electron chi connectivity index (χ4n) is 1.55. The molecule has 6 nitrogen and oxygen atoms in total. The predicted molar refractivity (Wildman–Crippen MR) is 67.9 cm³/mol. The maximum atomic E-state index is 10.9. The van der Waals surface area contributed by atoms with Crippen LogP contribution in [0.3, 0.4) is 0 Å². The Hall–Kier alpha value is -1.88. The predicted octanol–water partition coefficient (Wildman–Crippen LogP) is 0.779. The standard InChI is InChI=1S/C12H12N2O4S/c1-19(15,16)17-8-11-6-12(14-18-11)10-4-2-9(7-13)3-5-10/h2-6,11,14H,8H2,1H3. The van der Waals surface area contributed by atoms with Gasteiger partial charge in [-0.3, -0.25) is 14.5 Å². The summed E-state index contributed by atoms with van der Waals surface area (Å²) < 4.78 is 26.4. The zero-order valence-corrected chi connectivity index (χ0v) is 11.0. The summed E-state index contributed by atoms with van der Waals surface area (Å²) in [6.45, 7) is -0.0778. The lowest BCUT2D eigenvalue weighted by molar-refractivity contribution is 0.0252. The highest BCUT2D eigenvalue weighted by Crippen LogP contribution is 2.19. The monoisotopic (exact) mass is 280 g/mol. The number of hydroxylamine groups is 1. The van der Waals surface area contributed by atoms with Crippen molar-refractivity contribution in [1.29, 1.82) is 5.26 Å². The molecule has 1 heterocycles. The maximum absolute atomic E-state index is 10.9. The molecule has 1 aromatic carbocycles. The topological polar surface area (TPSA) is 88.4 Å². The smallest absolute Gasteiger partial charge is 0.264 e. The summed E-state index contributed by atoms with van der Waals surface area (Å²) >= 11 is 0. The SMILES string of the molecule is CS(=O)(=O)OCC1C=C(c2ccc(C#N)cc2)NO1. The van der Waals surface area contributed by atoms with Gasteiger partial charge in [-0.1, -0.05) is 12.1 Å². The van der Waals surface area contributed by atoms with Gasteiger partial charge < -0.3 is 0 Å². The minimum Gasteiger partial charge on any atom is -0.267 e. The molecule has 1 aromatic rings. The van der Waals surface area contributed by atoms with Crippen molar-refractivity contribution >= 4 is 15.8 Å². The van der Waals surface area contributed by atoms with E-state index in [9.17, 15) is 8.42 Å². The lowest BCUT2D eigenvalue weighted by atomic mass is 10.1. The van der Waals surface area contributed by atoms with Crippen LogP contribution in [0.2, 0.25) is 0 Å². The van der Waals surface area contributed by atoms with Crippen molar-refractivity contribution in [3.05, 3.63) is 41.5 Å². The number of nitriles is 1. The van der Waals surface area contributed by atoms with Gasteiger partial charge >= 0.3 is 0 Å². The van der Waals surface area contributed by atoms with Crippen LogP contribution in [0.25, 0.3) is 5.70 Å². The molecule has 19 heavy (non-hydrogen) atoms. The van der Waals surface area contributed by atoms with Crippen molar-refractivity contribution in [2.75, 3.05) is 12.9 Å². The van der Waals surface area contributed by atoms with Gasteiger partial charge in [-0.05, 0) is 23.8 Å². The average Bonchev–Trinajstić information content (AvgIpc) is 2.84. The minimum absolute atomic E-state index is 0.0778. The average molecular weight is 280 g/mol. The molecule has 0 saturated heterocycles. The molecule has 7 heteroatoms. The summed E-state index contributed by atoms with van der Waals surface area (Å²) in [4.78, 5) is 5.17. The van der Waals surface area contributed by atoms with Crippen LogP contribution in [-0.4, -0.2) is 27.4 Å². The minimum atomic E-state index is -3.48. The molecule has 2 rings (SSSR count). The zero-order chi connectivity index (χ0) is 13.9. The highest BCUT2D eigenvalue weighted by Gasteiger charge is 2.19. The summed E-state index contributed by atoms with van der Waals surface area (Å²) in [6, 6.07) is 8.97. The van der Waals surface area contributed by atoms with Gasteiger partial charge in [0.2, 0.25) is 0 Å². The molecule has 0 aromatic heterocycles. The van der Waals surface area contributed by atoms with Crippen molar-refractivity contribution in [1.82, 2.24) is 5.48 Å². The third kappa shape index (κ3) is 3.79. The van der Waals surface area contributed by atoms with Crippen molar-refractivity contribution < 1.29 is 17.4 Å². The second kappa shape index (κ2) is 5.40. The van der Waals surface area contributed by atoms with Gasteiger partial charge in [0.25, 0.3) is 10.1 Å². The molecular formula is C12H12N2O4S. The summed E-state index contributed by atoms with van der Waals surface area (Å²) in [5.74, 6) is 0. The van der Waals surface area contributed by atoms with Crippen LogP contribution < -0.4 is 5.48 Å². The van der Waals surface area contributed by atoms with E-state index in [2.05, 4.69) is 9.66 Å². The van der Waals surface area contributed by atoms with Crippen LogP contribution in [-0.2, 0) is 19.1 Å². The van der Waals surface area contributed by atoms with Gasteiger partial charge in [0.15, 0.2) is 0 Å². The van der Waals surface area contributed by atoms with E-state index in [1.807, 2.05) is 6.07 Å². The Morgan fingerprint density at radius 1 is 1.42 bits per heavy atom. The molecule has 0 saturated carbocycles. The van der Waals surface area contributed by atoms with Crippen LogP contribution >= 0.6 is 0 Å². The van der Waals surface area contributed by atoms with Crippen LogP contribution in [0.15, 0.2) is 30.3 Å². The first-order chi connectivity index (χ1) is 8.98. The summed E-state index contributed by atoms with van der Waals surface area (Å²) in [5.41, 5.74) is 4.83. The Balaban J connectivity index is 2.04. The second-order valence-electron chi connectivity index (χ2n) is 4.02. The molecule has 1 N–H and O–H groups in total. The molecule has 1 atom stereocenters. The van der Waals surface area contributed by atoms with Crippen LogP contribution in [0.4, 0.5) is 0 Å². The zero-order valence-electron chi connectivity index (χ0n) is 10.2. The largest absolute Gasteiger partial charge is 0.267 e. The Bertz CT molecular complexity index is 629. The molecule has 0 bridgehead atoms. The third-order valence-corrected chi connectivity index (χ3v) is 3.01. The number of benzene rings is 1. The van der Waals surface area contributed by atoms with Gasteiger partial charge in [-0.25, -0.2) is 0 Å². The first kappa shape index (κ1) is 13.5. The fraction of sp³-hybridized carbons (Fsp3) is 0.250. The highest BCUT2D eigenvalue weighted by atomic mass is 32.2. The molecule has 0 fully saturated rings. The summed E-state index contributed by atoms with van der Waals surface area (Å²) in [6.07, 6.45) is 2.24. The van der Waals surface area contributed by atoms with Crippen molar-refractivity contribution in [2.24, 2.45) is 0 Å². The summed E-state index contributed by atoms with van der Waals surface area (Å²) in [5, 5.41) is 8.70. The van der Waals surface area contributed by atoms with E-state index < -0.39 is 16.2 Å². The number of rotatable bonds is 4. The molecule has 0 spiro atoms. The van der Waals surface area contributed by atoms with E-state index in [0.717, 1.165) is 11.8 Å². The molecule has 1 aliphatic heterocycles. The molecule has 1 unspecified atom stereocenters. The van der Waals surface area contributed by atoms with E-state index in [1.165, 1.54) is 0 Å². The Kier molecular flexibility index (Phi) is 3.85. The Morgan fingerprint density at radius 2 is 2.11 bits per heavy atom. The van der Waals surface area contributed by atoms with Crippen LogP contribution in [0.1, 0.15) is 11.1 Å². The number of nitrogens with zero attached hydrogens (tertiary/aromatic N) is 1. The van der Waals surface area contributed by atoms with Crippen LogP contribution in [0, 0.1) is 11.3 Å². The molecule has 0 radical (unpaired) electrons. The molecule has 0 amide bonds. The molecule has 1 aliphatic rings. The number of hydrogen-bond acceptors (Lipinski definition) is 6. The first-order valence-corrected chi connectivity index (χ1v) is 7.28. The van der Waals surface area contributed by atoms with Gasteiger partial charge in [0.05, 0.1) is 30.2 Å². The maximum Gasteiger partial charge on any atom is 0.264 e. The quantitative estimate of drug-likeness (QED) is 0.820. The van der Waals surface area contributed by atoms with Gasteiger partial charge in [0, 0.05) is 0 Å². The van der Waals surface area contributed by atoms with E-state index in [1.54, 1.807) is 30.3 Å². The summed E-state index contributed by atoms with van der Waals surface area (Å²) in [7, 11) is -3.48. The van der Waals surface area contributed by atoms with Crippen molar-refractivity contribution in [2.45, 2.75) is 6.10 Å². The number of nitrogens with one attached hydrogen (secondary N) is 1.